The molecule has 0 aliphatic carbocycles. The van der Waals surface area contributed by atoms with E-state index in [0.717, 1.165) is 11.3 Å². The Morgan fingerprint density at radius 3 is 2.94 bits per heavy atom. The summed E-state index contributed by atoms with van der Waals surface area (Å²) in [5.41, 5.74) is 4.51. The van der Waals surface area contributed by atoms with Crippen LogP contribution in [0.4, 0.5) is 0 Å². The maximum absolute atomic E-state index is 11.0. The third-order valence-electron chi connectivity index (χ3n) is 3.70. The molecule has 2 unspecified atom stereocenters. The van der Waals surface area contributed by atoms with Crippen LogP contribution in [-0.4, -0.2) is 30.1 Å². The molecule has 92 valence electrons. The lowest BCUT2D eigenvalue weighted by Gasteiger charge is -2.44. The van der Waals surface area contributed by atoms with Crippen molar-refractivity contribution in [2.75, 3.05) is 13.2 Å². The van der Waals surface area contributed by atoms with Crippen molar-refractivity contribution < 1.29 is 14.6 Å². The first-order chi connectivity index (χ1) is 8.04. The van der Waals surface area contributed by atoms with Crippen molar-refractivity contribution in [3.8, 4) is 5.75 Å². The minimum absolute atomic E-state index is 0.201. The van der Waals surface area contributed by atoms with E-state index in [1.807, 2.05) is 24.3 Å². The molecule has 1 aliphatic rings. The number of rotatable bonds is 3. The van der Waals surface area contributed by atoms with Crippen LogP contribution in [0.5, 0.6) is 5.75 Å². The molecule has 4 nitrogen and oxygen atoms in total. The number of para-hydroxylation sites is 1. The van der Waals surface area contributed by atoms with Crippen LogP contribution in [0.15, 0.2) is 24.3 Å². The number of aldehydes is 1. The number of benzene rings is 1. The first kappa shape index (κ1) is 12.1. The third-order valence-corrected chi connectivity index (χ3v) is 3.70. The van der Waals surface area contributed by atoms with Crippen LogP contribution < -0.4 is 10.5 Å². The lowest BCUT2D eigenvalue weighted by Crippen LogP contribution is -2.57. The molecular weight excluding hydrogens is 218 g/mol. The molecule has 0 spiro atoms. The van der Waals surface area contributed by atoms with Crippen LogP contribution in [0, 0.1) is 5.41 Å². The van der Waals surface area contributed by atoms with E-state index in [-0.39, 0.29) is 13.2 Å². The largest absolute Gasteiger partial charge is 0.493 e. The van der Waals surface area contributed by atoms with Crippen molar-refractivity contribution in [1.29, 1.82) is 0 Å². The fraction of sp³-hybridized carbons (Fsp3) is 0.462. The van der Waals surface area contributed by atoms with Crippen LogP contribution in [-0.2, 0) is 11.2 Å². The van der Waals surface area contributed by atoms with Gasteiger partial charge in [0.1, 0.15) is 11.4 Å². The molecule has 0 saturated heterocycles. The summed E-state index contributed by atoms with van der Waals surface area (Å²) in [4.78, 5) is 11.0. The minimum atomic E-state index is -1.48. The second-order valence-electron chi connectivity index (χ2n) is 4.82. The quantitative estimate of drug-likeness (QED) is 0.749. The molecule has 0 aromatic heterocycles. The number of nitrogens with two attached hydrogens (primary N) is 1. The van der Waals surface area contributed by atoms with E-state index < -0.39 is 11.0 Å². The number of hydrogen-bond donors (Lipinski definition) is 2. The smallest absolute Gasteiger partial charge is 0.152 e. The fourth-order valence-electron chi connectivity index (χ4n) is 2.21. The first-order valence-electron chi connectivity index (χ1n) is 5.64. The Morgan fingerprint density at radius 1 is 1.59 bits per heavy atom. The summed E-state index contributed by atoms with van der Waals surface area (Å²) >= 11 is 0. The van der Waals surface area contributed by atoms with Gasteiger partial charge < -0.3 is 20.4 Å². The highest BCUT2D eigenvalue weighted by Crippen LogP contribution is 2.40. The Bertz CT molecular complexity index is 430. The number of hydrogen-bond acceptors (Lipinski definition) is 4. The van der Waals surface area contributed by atoms with Crippen LogP contribution >= 0.6 is 0 Å². The van der Waals surface area contributed by atoms with Crippen LogP contribution in [0.2, 0.25) is 0 Å². The molecule has 1 aliphatic heterocycles. The SMILES string of the molecule is CC(O)(C=O)C1(CN)COc2ccccc2C1. The number of carbonyl (C=O) groups is 1. The highest BCUT2D eigenvalue weighted by Gasteiger charge is 2.49. The van der Waals surface area contributed by atoms with E-state index in [1.165, 1.54) is 6.92 Å². The number of aliphatic hydroxyl groups is 1. The molecule has 0 bridgehead atoms. The van der Waals surface area contributed by atoms with Crippen molar-refractivity contribution in [3.05, 3.63) is 29.8 Å². The Balaban J connectivity index is 2.39. The zero-order valence-corrected chi connectivity index (χ0v) is 9.85. The van der Waals surface area contributed by atoms with Gasteiger partial charge in [0.2, 0.25) is 0 Å². The van der Waals surface area contributed by atoms with Crippen LogP contribution in [0.3, 0.4) is 0 Å². The molecule has 17 heavy (non-hydrogen) atoms. The maximum Gasteiger partial charge on any atom is 0.152 e. The van der Waals surface area contributed by atoms with Crippen molar-refractivity contribution in [2.45, 2.75) is 18.9 Å². The summed E-state index contributed by atoms with van der Waals surface area (Å²) in [6.45, 7) is 1.95. The molecule has 2 atom stereocenters. The highest BCUT2D eigenvalue weighted by molar-refractivity contribution is 5.64. The second kappa shape index (κ2) is 4.13. The Morgan fingerprint density at radius 2 is 2.29 bits per heavy atom. The predicted molar refractivity (Wildman–Crippen MR) is 63.8 cm³/mol. The zero-order valence-electron chi connectivity index (χ0n) is 9.85. The molecule has 1 aromatic rings. The Hall–Kier alpha value is -1.39. The molecule has 0 radical (unpaired) electrons. The maximum atomic E-state index is 11.0. The van der Waals surface area contributed by atoms with E-state index in [0.29, 0.717) is 12.7 Å². The number of fused-ring (bicyclic) bond motifs is 1. The molecule has 3 N–H and O–H groups in total. The van der Waals surface area contributed by atoms with Gasteiger partial charge in [-0.15, -0.1) is 0 Å². The van der Waals surface area contributed by atoms with E-state index in [4.69, 9.17) is 10.5 Å². The van der Waals surface area contributed by atoms with Crippen molar-refractivity contribution in [1.82, 2.24) is 0 Å². The van der Waals surface area contributed by atoms with Crippen LogP contribution in [0.1, 0.15) is 12.5 Å². The van der Waals surface area contributed by atoms with Crippen molar-refractivity contribution in [3.63, 3.8) is 0 Å². The summed E-state index contributed by atoms with van der Waals surface area (Å²) < 4.78 is 5.62. The normalized spacial score (nSPS) is 26.5. The summed E-state index contributed by atoms with van der Waals surface area (Å²) in [5, 5.41) is 10.2. The second-order valence-corrected chi connectivity index (χ2v) is 4.82. The topological polar surface area (TPSA) is 72.5 Å². The molecular formula is C13H17NO3. The third kappa shape index (κ3) is 1.83. The summed E-state index contributed by atoms with van der Waals surface area (Å²) in [6.07, 6.45) is 1.10. The van der Waals surface area contributed by atoms with Gasteiger partial charge in [-0.3, -0.25) is 0 Å². The van der Waals surface area contributed by atoms with Gasteiger partial charge in [0.05, 0.1) is 12.0 Å². The van der Waals surface area contributed by atoms with E-state index in [1.54, 1.807) is 0 Å². The van der Waals surface area contributed by atoms with Crippen molar-refractivity contribution >= 4 is 6.29 Å². The zero-order chi connectivity index (χ0) is 12.5. The standard InChI is InChI=1S/C13H17NO3/c1-12(16,8-15)13(7-14)6-10-4-2-3-5-11(10)17-9-13/h2-5,8,16H,6-7,9,14H2,1H3. The van der Waals surface area contributed by atoms with E-state index >= 15 is 0 Å². The minimum Gasteiger partial charge on any atom is -0.493 e. The molecule has 0 saturated carbocycles. The van der Waals surface area contributed by atoms with Gasteiger partial charge in [-0.25, -0.2) is 0 Å². The number of ether oxygens (including phenoxy) is 1. The van der Waals surface area contributed by atoms with Gasteiger partial charge in [0, 0.05) is 6.54 Å². The highest BCUT2D eigenvalue weighted by atomic mass is 16.5. The van der Waals surface area contributed by atoms with Gasteiger partial charge >= 0.3 is 0 Å². The Kier molecular flexibility index (Phi) is 2.93. The monoisotopic (exact) mass is 235 g/mol. The molecule has 1 heterocycles. The Labute approximate surface area is 100 Å². The van der Waals surface area contributed by atoms with Gasteiger partial charge in [0.25, 0.3) is 0 Å². The van der Waals surface area contributed by atoms with Gasteiger partial charge in [0.15, 0.2) is 6.29 Å². The van der Waals surface area contributed by atoms with E-state index in [2.05, 4.69) is 0 Å². The fourth-order valence-corrected chi connectivity index (χ4v) is 2.21. The lowest BCUT2D eigenvalue weighted by molar-refractivity contribution is -0.141. The lowest BCUT2D eigenvalue weighted by atomic mass is 9.69. The van der Waals surface area contributed by atoms with E-state index in [9.17, 15) is 9.90 Å². The molecule has 4 heteroatoms. The first-order valence-corrected chi connectivity index (χ1v) is 5.64. The summed E-state index contributed by atoms with van der Waals surface area (Å²) in [7, 11) is 0. The average Bonchev–Trinajstić information content (AvgIpc) is 2.37. The van der Waals surface area contributed by atoms with Crippen LogP contribution in [0.25, 0.3) is 0 Å². The van der Waals surface area contributed by atoms with Crippen molar-refractivity contribution in [2.24, 2.45) is 11.1 Å². The molecule has 1 aromatic carbocycles. The molecule has 2 rings (SSSR count). The van der Waals surface area contributed by atoms with Gasteiger partial charge in [-0.05, 0) is 25.0 Å². The summed E-state index contributed by atoms with van der Waals surface area (Å²) in [6, 6.07) is 7.61. The number of carbonyl (C=O) groups excluding carboxylic acids is 1. The molecule has 0 fully saturated rings. The summed E-state index contributed by atoms with van der Waals surface area (Å²) in [5.74, 6) is 0.804. The average molecular weight is 235 g/mol. The predicted octanol–water partition coefficient (Wildman–Crippen LogP) is 0.516. The van der Waals surface area contributed by atoms with Gasteiger partial charge in [-0.2, -0.15) is 0 Å². The molecule has 0 amide bonds. The van der Waals surface area contributed by atoms with Gasteiger partial charge in [-0.1, -0.05) is 18.2 Å².